The van der Waals surface area contributed by atoms with Gasteiger partial charge in [0.1, 0.15) is 5.78 Å². The van der Waals surface area contributed by atoms with Crippen molar-refractivity contribution in [2.24, 2.45) is 5.92 Å². The number of hydrogen-bond donors (Lipinski definition) is 0. The topological polar surface area (TPSA) is 46.6 Å². The van der Waals surface area contributed by atoms with E-state index in [1.807, 2.05) is 0 Å². The third kappa shape index (κ3) is 5.31. The first-order valence-electron chi connectivity index (χ1n) is 6.52. The number of ketones is 1. The third-order valence-electron chi connectivity index (χ3n) is 3.28. The normalized spacial score (nSPS) is 18.0. The summed E-state index contributed by atoms with van der Waals surface area (Å²) in [5, 5.41) is 0. The Balaban J connectivity index is 2.17. The lowest BCUT2D eigenvalue weighted by Crippen LogP contribution is -2.39. The Morgan fingerprint density at radius 2 is 1.94 bits per heavy atom. The van der Waals surface area contributed by atoms with Gasteiger partial charge in [0, 0.05) is 5.92 Å². The van der Waals surface area contributed by atoms with Crippen molar-refractivity contribution in [1.82, 2.24) is 4.90 Å². The van der Waals surface area contributed by atoms with E-state index in [4.69, 9.17) is 4.74 Å². The summed E-state index contributed by atoms with van der Waals surface area (Å²) in [5.74, 6) is 0.331. The molecule has 1 aliphatic rings. The number of hydrogen-bond acceptors (Lipinski definition) is 4. The van der Waals surface area contributed by atoms with Crippen LogP contribution in [0.25, 0.3) is 0 Å². The number of carbonyl (C=O) groups is 2. The summed E-state index contributed by atoms with van der Waals surface area (Å²) in [7, 11) is 0. The molecule has 0 aromatic carbocycles. The summed E-state index contributed by atoms with van der Waals surface area (Å²) >= 11 is 0. The van der Waals surface area contributed by atoms with Crippen LogP contribution in [0.5, 0.6) is 0 Å². The second kappa shape index (κ2) is 7.43. The lowest BCUT2D eigenvalue weighted by Gasteiger charge is -2.29. The monoisotopic (exact) mass is 241 g/mol. The van der Waals surface area contributed by atoms with Crippen molar-refractivity contribution in [3.05, 3.63) is 0 Å². The van der Waals surface area contributed by atoms with Crippen molar-refractivity contribution < 1.29 is 14.3 Å². The Morgan fingerprint density at radius 1 is 1.29 bits per heavy atom. The molecular formula is C13H23NO3. The highest BCUT2D eigenvalue weighted by Gasteiger charge is 2.23. The molecular weight excluding hydrogens is 218 g/mol. The molecule has 1 rings (SSSR count). The fraction of sp³-hybridized carbons (Fsp3) is 0.846. The van der Waals surface area contributed by atoms with Crippen LogP contribution >= 0.6 is 0 Å². The Kier molecular flexibility index (Phi) is 6.19. The van der Waals surface area contributed by atoms with Crippen LogP contribution in [0.15, 0.2) is 0 Å². The summed E-state index contributed by atoms with van der Waals surface area (Å²) in [6, 6.07) is 0. The van der Waals surface area contributed by atoms with E-state index in [1.165, 1.54) is 0 Å². The molecule has 0 saturated carbocycles. The fourth-order valence-corrected chi connectivity index (χ4v) is 2.06. The van der Waals surface area contributed by atoms with Crippen molar-refractivity contribution >= 4 is 11.8 Å². The molecule has 0 spiro atoms. The molecule has 17 heavy (non-hydrogen) atoms. The highest BCUT2D eigenvalue weighted by atomic mass is 16.5. The first-order valence-corrected chi connectivity index (χ1v) is 6.52. The van der Waals surface area contributed by atoms with E-state index in [0.29, 0.717) is 13.2 Å². The Labute approximate surface area is 103 Å². The molecule has 0 unspecified atom stereocenters. The van der Waals surface area contributed by atoms with E-state index in [2.05, 4.69) is 11.8 Å². The predicted molar refractivity (Wildman–Crippen MR) is 65.7 cm³/mol. The van der Waals surface area contributed by atoms with Gasteiger partial charge < -0.3 is 4.74 Å². The average Bonchev–Trinajstić information content (AvgIpc) is 2.30. The van der Waals surface area contributed by atoms with Crippen LogP contribution < -0.4 is 0 Å². The smallest absolute Gasteiger partial charge is 0.320 e. The Morgan fingerprint density at radius 3 is 2.47 bits per heavy atom. The number of piperidine rings is 1. The molecule has 1 heterocycles. The first kappa shape index (κ1) is 14.2. The standard InChI is InChI=1S/C13H23NO3/c1-3-4-9-17-13(16)10-14-7-5-12(6-8-14)11(2)15/h12H,3-10H2,1-2H3. The van der Waals surface area contributed by atoms with Gasteiger partial charge in [-0.1, -0.05) is 13.3 Å². The molecule has 0 radical (unpaired) electrons. The second-order valence-electron chi connectivity index (χ2n) is 4.74. The number of unbranched alkanes of at least 4 members (excludes halogenated alkanes) is 1. The van der Waals surface area contributed by atoms with Crippen molar-refractivity contribution in [3.8, 4) is 0 Å². The van der Waals surface area contributed by atoms with Gasteiger partial charge in [0.2, 0.25) is 0 Å². The molecule has 0 aromatic rings. The van der Waals surface area contributed by atoms with Crippen LogP contribution in [0.2, 0.25) is 0 Å². The van der Waals surface area contributed by atoms with E-state index in [0.717, 1.165) is 38.8 Å². The van der Waals surface area contributed by atoms with Crippen LogP contribution in [-0.2, 0) is 14.3 Å². The van der Waals surface area contributed by atoms with E-state index in [1.54, 1.807) is 6.92 Å². The molecule has 0 amide bonds. The maximum Gasteiger partial charge on any atom is 0.320 e. The molecule has 98 valence electrons. The van der Waals surface area contributed by atoms with Crippen molar-refractivity contribution in [2.45, 2.75) is 39.5 Å². The maximum absolute atomic E-state index is 11.5. The van der Waals surface area contributed by atoms with Crippen LogP contribution in [-0.4, -0.2) is 42.9 Å². The first-order chi connectivity index (χ1) is 8.13. The predicted octanol–water partition coefficient (Wildman–Crippen LogP) is 1.63. The van der Waals surface area contributed by atoms with Crippen LogP contribution in [0, 0.1) is 5.92 Å². The van der Waals surface area contributed by atoms with Gasteiger partial charge >= 0.3 is 5.97 Å². The molecule has 0 aromatic heterocycles. The molecule has 0 aliphatic carbocycles. The van der Waals surface area contributed by atoms with E-state index in [-0.39, 0.29) is 17.7 Å². The minimum Gasteiger partial charge on any atom is -0.465 e. The molecule has 4 nitrogen and oxygen atoms in total. The highest BCUT2D eigenvalue weighted by molar-refractivity contribution is 5.78. The number of ether oxygens (including phenoxy) is 1. The lowest BCUT2D eigenvalue weighted by atomic mass is 9.93. The van der Waals surface area contributed by atoms with Gasteiger partial charge in [0.15, 0.2) is 0 Å². The summed E-state index contributed by atoms with van der Waals surface area (Å²) < 4.78 is 5.11. The van der Waals surface area contributed by atoms with E-state index < -0.39 is 0 Å². The SMILES string of the molecule is CCCCOC(=O)CN1CCC(C(C)=O)CC1. The van der Waals surface area contributed by atoms with Gasteiger partial charge in [0.05, 0.1) is 13.2 Å². The number of nitrogens with zero attached hydrogens (tertiary/aromatic N) is 1. The van der Waals surface area contributed by atoms with Crippen LogP contribution in [0.1, 0.15) is 39.5 Å². The number of carbonyl (C=O) groups excluding carboxylic acids is 2. The molecule has 0 atom stereocenters. The van der Waals surface area contributed by atoms with Gasteiger partial charge in [-0.15, -0.1) is 0 Å². The number of likely N-dealkylation sites (tertiary alicyclic amines) is 1. The van der Waals surface area contributed by atoms with E-state index in [9.17, 15) is 9.59 Å². The van der Waals surface area contributed by atoms with Gasteiger partial charge in [-0.3, -0.25) is 14.5 Å². The number of Topliss-reactive ketones (excluding diaryl/α,β-unsaturated/α-hetero) is 1. The zero-order chi connectivity index (χ0) is 12.7. The summed E-state index contributed by atoms with van der Waals surface area (Å²) in [6.07, 6.45) is 3.71. The largest absolute Gasteiger partial charge is 0.465 e. The minimum absolute atomic E-state index is 0.139. The lowest BCUT2D eigenvalue weighted by molar-refractivity contribution is -0.145. The van der Waals surface area contributed by atoms with Crippen molar-refractivity contribution in [3.63, 3.8) is 0 Å². The zero-order valence-electron chi connectivity index (χ0n) is 10.9. The Bertz CT molecular complexity index is 257. The molecule has 4 heteroatoms. The minimum atomic E-state index is -0.139. The highest BCUT2D eigenvalue weighted by Crippen LogP contribution is 2.17. The average molecular weight is 241 g/mol. The molecule has 1 aliphatic heterocycles. The quantitative estimate of drug-likeness (QED) is 0.524. The van der Waals surface area contributed by atoms with E-state index >= 15 is 0 Å². The molecule has 0 N–H and O–H groups in total. The molecule has 0 bridgehead atoms. The van der Waals surface area contributed by atoms with Gasteiger partial charge in [-0.25, -0.2) is 0 Å². The summed E-state index contributed by atoms with van der Waals surface area (Å²) in [6.45, 7) is 6.27. The van der Waals surface area contributed by atoms with Crippen molar-refractivity contribution in [2.75, 3.05) is 26.2 Å². The number of rotatable bonds is 6. The van der Waals surface area contributed by atoms with Gasteiger partial charge in [-0.05, 0) is 39.3 Å². The van der Waals surface area contributed by atoms with Gasteiger partial charge in [-0.2, -0.15) is 0 Å². The maximum atomic E-state index is 11.5. The molecule has 1 fully saturated rings. The Hall–Kier alpha value is -0.900. The fourth-order valence-electron chi connectivity index (χ4n) is 2.06. The van der Waals surface area contributed by atoms with Crippen molar-refractivity contribution in [1.29, 1.82) is 0 Å². The van der Waals surface area contributed by atoms with Gasteiger partial charge in [0.25, 0.3) is 0 Å². The second-order valence-corrected chi connectivity index (χ2v) is 4.74. The third-order valence-corrected chi connectivity index (χ3v) is 3.28. The summed E-state index contributed by atoms with van der Waals surface area (Å²) in [4.78, 5) is 24.7. The van der Waals surface area contributed by atoms with Crippen LogP contribution in [0.3, 0.4) is 0 Å². The van der Waals surface area contributed by atoms with Crippen LogP contribution in [0.4, 0.5) is 0 Å². The molecule has 1 saturated heterocycles. The number of esters is 1. The zero-order valence-corrected chi connectivity index (χ0v) is 10.9. The summed E-state index contributed by atoms with van der Waals surface area (Å²) in [5.41, 5.74) is 0.